The molecule has 0 saturated carbocycles. The van der Waals surface area contributed by atoms with Crippen molar-refractivity contribution in [3.8, 4) is 0 Å². The van der Waals surface area contributed by atoms with E-state index in [9.17, 15) is 0 Å². The first kappa shape index (κ1) is 9.36. The summed E-state index contributed by atoms with van der Waals surface area (Å²) in [6.07, 6.45) is 0. The first-order valence-electron chi connectivity index (χ1n) is 5.53. The number of ether oxygens (including phenoxy) is 1. The third-order valence-electron chi connectivity index (χ3n) is 3.38. The largest absolute Gasteiger partial charge is 0.381 e. The van der Waals surface area contributed by atoms with Gasteiger partial charge in [0.1, 0.15) is 5.76 Å². The lowest BCUT2D eigenvalue weighted by atomic mass is 10.0. The molecule has 2 aliphatic rings. The molecule has 3 heterocycles. The summed E-state index contributed by atoms with van der Waals surface area (Å²) in [5.41, 5.74) is 1.05. The van der Waals surface area contributed by atoms with Gasteiger partial charge < -0.3 is 9.26 Å². The van der Waals surface area contributed by atoms with Gasteiger partial charge >= 0.3 is 0 Å². The van der Waals surface area contributed by atoms with Crippen LogP contribution in [-0.4, -0.2) is 36.4 Å². The predicted molar refractivity (Wildman–Crippen MR) is 54.3 cm³/mol. The first-order valence-corrected chi connectivity index (χ1v) is 5.53. The van der Waals surface area contributed by atoms with Gasteiger partial charge in [0.25, 0.3) is 0 Å². The molecule has 0 aromatic carbocycles. The third-order valence-corrected chi connectivity index (χ3v) is 3.38. The molecule has 0 radical (unpaired) electrons. The molecule has 2 aliphatic heterocycles. The lowest BCUT2D eigenvalue weighted by Gasteiger charge is -2.14. The van der Waals surface area contributed by atoms with E-state index in [1.807, 2.05) is 13.0 Å². The van der Waals surface area contributed by atoms with Crippen molar-refractivity contribution in [2.75, 3.05) is 26.3 Å². The molecule has 15 heavy (non-hydrogen) atoms. The van der Waals surface area contributed by atoms with Crippen molar-refractivity contribution in [1.29, 1.82) is 0 Å². The van der Waals surface area contributed by atoms with Gasteiger partial charge in [0.15, 0.2) is 0 Å². The predicted octanol–water partition coefficient (Wildman–Crippen LogP) is 1.06. The molecular formula is C11H16N2O2. The zero-order valence-electron chi connectivity index (χ0n) is 8.98. The van der Waals surface area contributed by atoms with Crippen molar-refractivity contribution in [1.82, 2.24) is 10.1 Å². The second-order valence-corrected chi connectivity index (χ2v) is 4.68. The van der Waals surface area contributed by atoms with Crippen molar-refractivity contribution in [3.05, 3.63) is 17.5 Å². The van der Waals surface area contributed by atoms with Crippen LogP contribution in [0.1, 0.15) is 11.5 Å². The monoisotopic (exact) mass is 208 g/mol. The second kappa shape index (κ2) is 3.61. The fourth-order valence-electron chi connectivity index (χ4n) is 2.64. The summed E-state index contributed by atoms with van der Waals surface area (Å²) in [6.45, 7) is 7.04. The first-order chi connectivity index (χ1) is 7.31. The standard InChI is InChI=1S/C11H16N2O2/c1-8-2-11(12-15-8)5-13-3-9-6-14-7-10(9)4-13/h2,9-10H,3-7H2,1H3. The summed E-state index contributed by atoms with van der Waals surface area (Å²) >= 11 is 0. The summed E-state index contributed by atoms with van der Waals surface area (Å²) in [5, 5.41) is 4.03. The smallest absolute Gasteiger partial charge is 0.133 e. The van der Waals surface area contributed by atoms with Crippen LogP contribution in [0, 0.1) is 18.8 Å². The molecule has 4 nitrogen and oxygen atoms in total. The van der Waals surface area contributed by atoms with Crippen molar-refractivity contribution in [3.63, 3.8) is 0 Å². The molecule has 82 valence electrons. The molecule has 0 amide bonds. The fourth-order valence-corrected chi connectivity index (χ4v) is 2.64. The molecule has 1 aromatic heterocycles. The van der Waals surface area contributed by atoms with Crippen molar-refractivity contribution < 1.29 is 9.26 Å². The number of nitrogens with zero attached hydrogens (tertiary/aromatic N) is 2. The highest BCUT2D eigenvalue weighted by atomic mass is 16.5. The number of aromatic nitrogens is 1. The topological polar surface area (TPSA) is 38.5 Å². The normalized spacial score (nSPS) is 31.0. The highest BCUT2D eigenvalue weighted by Gasteiger charge is 2.37. The van der Waals surface area contributed by atoms with E-state index in [4.69, 9.17) is 9.26 Å². The van der Waals surface area contributed by atoms with E-state index in [-0.39, 0.29) is 0 Å². The summed E-state index contributed by atoms with van der Waals surface area (Å²) in [5.74, 6) is 2.39. The highest BCUT2D eigenvalue weighted by Crippen LogP contribution is 2.29. The van der Waals surface area contributed by atoms with Gasteiger partial charge in [-0.15, -0.1) is 0 Å². The maximum absolute atomic E-state index is 5.45. The molecule has 2 atom stereocenters. The van der Waals surface area contributed by atoms with Crippen LogP contribution in [0.4, 0.5) is 0 Å². The Morgan fingerprint density at radius 1 is 1.40 bits per heavy atom. The van der Waals surface area contributed by atoms with Gasteiger partial charge in [-0.05, 0) is 6.92 Å². The van der Waals surface area contributed by atoms with E-state index in [0.717, 1.165) is 56.1 Å². The number of likely N-dealkylation sites (tertiary alicyclic amines) is 1. The highest BCUT2D eigenvalue weighted by molar-refractivity contribution is 5.04. The van der Waals surface area contributed by atoms with Crippen molar-refractivity contribution >= 4 is 0 Å². The van der Waals surface area contributed by atoms with Crippen LogP contribution in [0.3, 0.4) is 0 Å². The van der Waals surface area contributed by atoms with Crippen molar-refractivity contribution in [2.24, 2.45) is 11.8 Å². The van der Waals surface area contributed by atoms with Gasteiger partial charge in [-0.1, -0.05) is 5.16 Å². The maximum atomic E-state index is 5.45. The average molecular weight is 208 g/mol. The lowest BCUT2D eigenvalue weighted by Crippen LogP contribution is -2.22. The van der Waals surface area contributed by atoms with E-state index >= 15 is 0 Å². The number of hydrogen-bond donors (Lipinski definition) is 0. The number of aryl methyl sites for hydroxylation is 1. The van der Waals surface area contributed by atoms with Gasteiger partial charge in [0, 0.05) is 37.5 Å². The Morgan fingerprint density at radius 3 is 2.73 bits per heavy atom. The van der Waals surface area contributed by atoms with E-state index in [1.165, 1.54) is 0 Å². The van der Waals surface area contributed by atoms with Gasteiger partial charge in [-0.3, -0.25) is 4.90 Å². The summed E-state index contributed by atoms with van der Waals surface area (Å²) in [7, 11) is 0. The zero-order chi connectivity index (χ0) is 10.3. The van der Waals surface area contributed by atoms with Crippen molar-refractivity contribution in [2.45, 2.75) is 13.5 Å². The number of fused-ring (bicyclic) bond motifs is 1. The Balaban J connectivity index is 1.61. The number of rotatable bonds is 2. The molecular weight excluding hydrogens is 192 g/mol. The van der Waals surface area contributed by atoms with E-state index < -0.39 is 0 Å². The molecule has 2 saturated heterocycles. The Kier molecular flexibility index (Phi) is 2.25. The Bertz CT molecular complexity index is 338. The lowest BCUT2D eigenvalue weighted by molar-refractivity contribution is 0.152. The van der Waals surface area contributed by atoms with Gasteiger partial charge in [-0.2, -0.15) is 0 Å². The molecule has 4 heteroatoms. The Morgan fingerprint density at radius 2 is 2.13 bits per heavy atom. The summed E-state index contributed by atoms with van der Waals surface area (Å²) < 4.78 is 10.5. The maximum Gasteiger partial charge on any atom is 0.133 e. The van der Waals surface area contributed by atoms with Crippen LogP contribution in [0.15, 0.2) is 10.6 Å². The summed E-state index contributed by atoms with van der Waals surface area (Å²) in [6, 6.07) is 2.02. The van der Waals surface area contributed by atoms with E-state index in [1.54, 1.807) is 0 Å². The summed E-state index contributed by atoms with van der Waals surface area (Å²) in [4.78, 5) is 2.45. The molecule has 2 fully saturated rings. The molecule has 0 spiro atoms. The SMILES string of the molecule is Cc1cc(CN2CC3COCC3C2)no1. The van der Waals surface area contributed by atoms with Crippen LogP contribution < -0.4 is 0 Å². The fraction of sp³-hybridized carbons (Fsp3) is 0.727. The molecule has 0 bridgehead atoms. The Labute approximate surface area is 89.2 Å². The van der Waals surface area contributed by atoms with Gasteiger partial charge in [0.05, 0.1) is 18.9 Å². The minimum atomic E-state index is 0.748. The van der Waals surface area contributed by atoms with Crippen LogP contribution in [0.2, 0.25) is 0 Å². The zero-order valence-corrected chi connectivity index (χ0v) is 8.98. The van der Waals surface area contributed by atoms with Gasteiger partial charge in [-0.25, -0.2) is 0 Å². The average Bonchev–Trinajstić information content (AvgIpc) is 2.81. The van der Waals surface area contributed by atoms with E-state index in [0.29, 0.717) is 0 Å². The second-order valence-electron chi connectivity index (χ2n) is 4.68. The molecule has 1 aromatic rings. The van der Waals surface area contributed by atoms with Crippen LogP contribution >= 0.6 is 0 Å². The minimum absolute atomic E-state index is 0.748. The van der Waals surface area contributed by atoms with Crippen LogP contribution in [0.25, 0.3) is 0 Å². The van der Waals surface area contributed by atoms with E-state index in [2.05, 4.69) is 10.1 Å². The quantitative estimate of drug-likeness (QED) is 0.728. The third kappa shape index (κ3) is 1.79. The number of hydrogen-bond acceptors (Lipinski definition) is 4. The Hall–Kier alpha value is -0.870. The minimum Gasteiger partial charge on any atom is -0.381 e. The molecule has 3 rings (SSSR count). The van der Waals surface area contributed by atoms with Crippen LogP contribution in [0.5, 0.6) is 0 Å². The van der Waals surface area contributed by atoms with Gasteiger partial charge in [0.2, 0.25) is 0 Å². The molecule has 2 unspecified atom stereocenters. The molecule has 0 N–H and O–H groups in total. The molecule has 0 aliphatic carbocycles. The van der Waals surface area contributed by atoms with Crippen LogP contribution in [-0.2, 0) is 11.3 Å².